The Bertz CT molecular complexity index is 998. The summed E-state index contributed by atoms with van der Waals surface area (Å²) in [4.78, 5) is 22.2. The van der Waals surface area contributed by atoms with Crippen molar-refractivity contribution in [1.29, 1.82) is 0 Å². The topological polar surface area (TPSA) is 97.4 Å². The fourth-order valence-electron chi connectivity index (χ4n) is 4.06. The van der Waals surface area contributed by atoms with Crippen LogP contribution in [-0.2, 0) is 18.1 Å². The molecule has 0 bridgehead atoms. The van der Waals surface area contributed by atoms with E-state index in [9.17, 15) is 14.2 Å². The fraction of sp³-hybridized carbons (Fsp3) is 0.548. The van der Waals surface area contributed by atoms with E-state index in [0.717, 1.165) is 88.5 Å². The highest BCUT2D eigenvalue weighted by atomic mass is 35.5. The van der Waals surface area contributed by atoms with Crippen LogP contribution in [-0.4, -0.2) is 44.0 Å². The van der Waals surface area contributed by atoms with Crippen molar-refractivity contribution < 1.29 is 37.2 Å². The van der Waals surface area contributed by atoms with Crippen molar-refractivity contribution in [3.63, 3.8) is 0 Å². The second-order valence-corrected chi connectivity index (χ2v) is 12.3. The molecular formula is C31H43Cl2O8P. The molecule has 2 aromatic rings. The Morgan fingerprint density at radius 2 is 0.857 bits per heavy atom. The molecule has 42 heavy (non-hydrogen) atoms. The summed E-state index contributed by atoms with van der Waals surface area (Å²) in [5.41, 5.74) is 0.910. The van der Waals surface area contributed by atoms with Crippen LogP contribution in [0.4, 0.5) is 0 Å². The van der Waals surface area contributed by atoms with E-state index in [1.165, 1.54) is 7.11 Å². The molecule has 2 rings (SSSR count). The highest BCUT2D eigenvalue weighted by Gasteiger charge is 2.24. The summed E-state index contributed by atoms with van der Waals surface area (Å²) in [5.74, 6) is 1.45. The summed E-state index contributed by atoms with van der Waals surface area (Å²) < 4.78 is 39.9. The second-order valence-electron chi connectivity index (χ2n) is 9.83. The van der Waals surface area contributed by atoms with Gasteiger partial charge in [-0.05, 0) is 97.4 Å². The number of carbonyl (C=O) groups excluding carboxylic acids is 2. The lowest BCUT2D eigenvalue weighted by Crippen LogP contribution is -2.01. The van der Waals surface area contributed by atoms with Gasteiger partial charge in [0.2, 0.25) is 0 Å². The molecule has 0 atom stereocenters. The molecule has 0 unspecified atom stereocenters. The Morgan fingerprint density at radius 1 is 0.548 bits per heavy atom. The quantitative estimate of drug-likeness (QED) is 0.0599. The highest BCUT2D eigenvalue weighted by Crippen LogP contribution is 2.48. The first-order chi connectivity index (χ1) is 20.3. The second kappa shape index (κ2) is 21.7. The van der Waals surface area contributed by atoms with Crippen molar-refractivity contribution in [3.8, 4) is 11.5 Å². The Balaban J connectivity index is 1.38. The number of benzene rings is 2. The zero-order valence-corrected chi connectivity index (χ0v) is 26.8. The molecule has 0 aliphatic carbocycles. The molecule has 0 N–H and O–H groups in total. The van der Waals surface area contributed by atoms with Crippen molar-refractivity contribution in [3.05, 3.63) is 59.7 Å². The minimum atomic E-state index is -3.50. The van der Waals surface area contributed by atoms with E-state index >= 15 is 0 Å². The minimum Gasteiger partial charge on any atom is -0.494 e. The van der Waals surface area contributed by atoms with Crippen molar-refractivity contribution in [1.82, 2.24) is 0 Å². The van der Waals surface area contributed by atoms with Crippen LogP contribution in [0.15, 0.2) is 48.5 Å². The number of phosphoric acid groups is 1. The average Bonchev–Trinajstić information content (AvgIpc) is 2.99. The van der Waals surface area contributed by atoms with E-state index in [4.69, 9.17) is 46.2 Å². The number of carbonyl (C=O) groups is 2. The third-order valence-corrected chi connectivity index (χ3v) is 8.38. The zero-order valence-electron chi connectivity index (χ0n) is 24.4. The van der Waals surface area contributed by atoms with Crippen molar-refractivity contribution in [2.24, 2.45) is 0 Å². The van der Waals surface area contributed by atoms with Crippen LogP contribution in [0.5, 0.6) is 11.5 Å². The van der Waals surface area contributed by atoms with Crippen molar-refractivity contribution in [2.45, 2.75) is 77.0 Å². The van der Waals surface area contributed by atoms with Gasteiger partial charge in [0.05, 0.1) is 26.4 Å². The van der Waals surface area contributed by atoms with Crippen LogP contribution in [0, 0.1) is 0 Å². The Kier molecular flexibility index (Phi) is 18.7. The summed E-state index contributed by atoms with van der Waals surface area (Å²) in [5, 5.41) is -0.953. The van der Waals surface area contributed by atoms with E-state index in [1.807, 2.05) is 0 Å². The molecule has 0 aliphatic rings. The Labute approximate surface area is 259 Å². The van der Waals surface area contributed by atoms with Crippen LogP contribution >= 0.6 is 31.0 Å². The van der Waals surface area contributed by atoms with E-state index in [0.29, 0.717) is 37.6 Å². The molecule has 0 fully saturated rings. The summed E-state index contributed by atoms with van der Waals surface area (Å²) in [6.07, 6.45) is 11.8. The average molecular weight is 646 g/mol. The lowest BCUT2D eigenvalue weighted by molar-refractivity contribution is 0.107. The van der Waals surface area contributed by atoms with Crippen LogP contribution < -0.4 is 9.47 Å². The summed E-state index contributed by atoms with van der Waals surface area (Å²) >= 11 is 10.9. The number of rotatable bonds is 25. The van der Waals surface area contributed by atoms with E-state index in [-0.39, 0.29) is 0 Å². The van der Waals surface area contributed by atoms with Crippen LogP contribution in [0.2, 0.25) is 0 Å². The van der Waals surface area contributed by atoms with Gasteiger partial charge in [0.1, 0.15) is 11.5 Å². The summed E-state index contributed by atoms with van der Waals surface area (Å²) in [6.45, 7) is 1.92. The van der Waals surface area contributed by atoms with E-state index in [2.05, 4.69) is 0 Å². The third kappa shape index (κ3) is 16.1. The Morgan fingerprint density at radius 3 is 1.17 bits per heavy atom. The van der Waals surface area contributed by atoms with Gasteiger partial charge < -0.3 is 9.47 Å². The van der Waals surface area contributed by atoms with Gasteiger partial charge in [0.15, 0.2) is 0 Å². The zero-order chi connectivity index (χ0) is 30.5. The molecule has 8 nitrogen and oxygen atoms in total. The number of hydrogen-bond acceptors (Lipinski definition) is 8. The van der Waals surface area contributed by atoms with E-state index in [1.54, 1.807) is 48.5 Å². The lowest BCUT2D eigenvalue weighted by atomic mass is 10.1. The normalized spacial score (nSPS) is 11.4. The van der Waals surface area contributed by atoms with E-state index < -0.39 is 18.3 Å². The summed E-state index contributed by atoms with van der Waals surface area (Å²) in [6, 6.07) is 13.6. The first-order valence-corrected chi connectivity index (χ1v) is 16.8. The number of ether oxygens (including phenoxy) is 2. The molecule has 0 saturated heterocycles. The van der Waals surface area contributed by atoms with Gasteiger partial charge in [-0.25, -0.2) is 4.57 Å². The maximum absolute atomic E-state index is 12.6. The van der Waals surface area contributed by atoms with Gasteiger partial charge in [0.25, 0.3) is 10.5 Å². The minimum absolute atomic E-state index is 0.339. The first kappa shape index (κ1) is 36.3. The fourth-order valence-corrected chi connectivity index (χ4v) is 5.31. The van der Waals surface area contributed by atoms with Gasteiger partial charge in [-0.1, -0.05) is 51.4 Å². The maximum atomic E-state index is 12.6. The van der Waals surface area contributed by atoms with Gasteiger partial charge >= 0.3 is 7.82 Å². The molecule has 0 aromatic heterocycles. The number of hydrogen-bond donors (Lipinski definition) is 0. The maximum Gasteiger partial charge on any atom is 0.474 e. The van der Waals surface area contributed by atoms with Crippen LogP contribution in [0.1, 0.15) is 97.8 Å². The SMILES string of the molecule is COP(=O)(OCCCCCCCCOc1ccc(C(=O)Cl)cc1)OCCCCCCCCOc1ccc(C(=O)Cl)cc1. The lowest BCUT2D eigenvalue weighted by Gasteiger charge is -2.15. The molecule has 0 heterocycles. The van der Waals surface area contributed by atoms with Crippen molar-refractivity contribution >= 4 is 41.5 Å². The highest BCUT2D eigenvalue weighted by molar-refractivity contribution is 7.48. The molecule has 234 valence electrons. The predicted molar refractivity (Wildman–Crippen MR) is 166 cm³/mol. The van der Waals surface area contributed by atoms with Gasteiger partial charge in [-0.15, -0.1) is 0 Å². The molecule has 11 heteroatoms. The molecular weight excluding hydrogens is 602 g/mol. The number of phosphoric ester groups is 1. The molecule has 0 radical (unpaired) electrons. The Hall–Kier alpha value is -1.93. The number of unbranched alkanes of at least 4 members (excludes halogenated alkanes) is 10. The van der Waals surface area contributed by atoms with Gasteiger partial charge in [-0.3, -0.25) is 23.2 Å². The first-order valence-electron chi connectivity index (χ1n) is 14.6. The largest absolute Gasteiger partial charge is 0.494 e. The van der Waals surface area contributed by atoms with Gasteiger partial charge in [-0.2, -0.15) is 0 Å². The standard InChI is InChI=1S/C31H43Cl2O8P/c1-37-42(36,40-24-12-8-4-2-6-10-22-38-28-18-14-26(15-19-28)30(32)34)41-25-13-9-5-3-7-11-23-39-29-20-16-27(17-21-29)31(33)35/h14-21H,2-13,22-25H2,1H3. The van der Waals surface area contributed by atoms with Gasteiger partial charge in [0, 0.05) is 18.2 Å². The summed E-state index contributed by atoms with van der Waals surface area (Å²) in [7, 11) is -2.15. The molecule has 2 aromatic carbocycles. The van der Waals surface area contributed by atoms with Crippen LogP contribution in [0.25, 0.3) is 0 Å². The smallest absolute Gasteiger partial charge is 0.474 e. The monoisotopic (exact) mass is 644 g/mol. The third-order valence-electron chi connectivity index (χ3n) is 6.50. The molecule has 0 saturated carbocycles. The molecule has 0 aliphatic heterocycles. The van der Waals surface area contributed by atoms with Crippen molar-refractivity contribution in [2.75, 3.05) is 33.5 Å². The predicted octanol–water partition coefficient (Wildman–Crippen LogP) is 9.37. The molecule has 0 amide bonds. The van der Waals surface area contributed by atoms with Crippen LogP contribution in [0.3, 0.4) is 0 Å². The number of halogens is 2. The molecule has 0 spiro atoms.